The SMILES string of the molecule is O=C(O)CCCN(c1cc(Cl)ccc1Cl)S(=O)(=O)c1cc(Cl)ccc1Cl. The summed E-state index contributed by atoms with van der Waals surface area (Å²) >= 11 is 24.1. The van der Waals surface area contributed by atoms with Crippen LogP contribution in [0.3, 0.4) is 0 Å². The molecule has 2 aromatic carbocycles. The van der Waals surface area contributed by atoms with Crippen molar-refractivity contribution in [2.45, 2.75) is 17.7 Å². The predicted octanol–water partition coefficient (Wildman–Crippen LogP) is 5.36. The van der Waals surface area contributed by atoms with Gasteiger partial charge in [0.15, 0.2) is 0 Å². The Morgan fingerprint density at radius 1 is 0.962 bits per heavy atom. The Morgan fingerprint density at radius 2 is 1.54 bits per heavy atom. The highest BCUT2D eigenvalue weighted by atomic mass is 35.5. The van der Waals surface area contributed by atoms with Crippen molar-refractivity contribution in [2.24, 2.45) is 0 Å². The van der Waals surface area contributed by atoms with Crippen molar-refractivity contribution in [1.82, 2.24) is 0 Å². The topological polar surface area (TPSA) is 74.7 Å². The minimum Gasteiger partial charge on any atom is -0.481 e. The molecule has 0 fully saturated rings. The van der Waals surface area contributed by atoms with Gasteiger partial charge in [0.25, 0.3) is 10.0 Å². The first-order chi connectivity index (χ1) is 12.1. The number of hydrogen-bond donors (Lipinski definition) is 1. The van der Waals surface area contributed by atoms with Crippen LogP contribution in [0.2, 0.25) is 20.1 Å². The molecule has 2 rings (SSSR count). The molecule has 140 valence electrons. The lowest BCUT2D eigenvalue weighted by molar-refractivity contribution is -0.137. The number of aliphatic carboxylic acids is 1. The second kappa shape index (κ2) is 8.67. The van der Waals surface area contributed by atoms with Crippen molar-refractivity contribution in [1.29, 1.82) is 0 Å². The average molecular weight is 457 g/mol. The van der Waals surface area contributed by atoms with E-state index in [4.69, 9.17) is 51.5 Å². The molecule has 0 atom stereocenters. The van der Waals surface area contributed by atoms with E-state index in [1.54, 1.807) is 0 Å². The van der Waals surface area contributed by atoms with Gasteiger partial charge in [0.05, 0.1) is 15.7 Å². The van der Waals surface area contributed by atoms with E-state index >= 15 is 0 Å². The third-order valence-electron chi connectivity index (χ3n) is 3.39. The van der Waals surface area contributed by atoms with E-state index in [1.165, 1.54) is 36.4 Å². The monoisotopic (exact) mass is 455 g/mol. The van der Waals surface area contributed by atoms with Crippen LogP contribution < -0.4 is 4.31 Å². The highest BCUT2D eigenvalue weighted by Crippen LogP contribution is 2.35. The number of carboxylic acids is 1. The lowest BCUT2D eigenvalue weighted by Gasteiger charge is -2.26. The van der Waals surface area contributed by atoms with Gasteiger partial charge in [-0.2, -0.15) is 0 Å². The van der Waals surface area contributed by atoms with Gasteiger partial charge in [-0.25, -0.2) is 8.42 Å². The molecular formula is C16H13Cl4NO4S. The number of sulfonamides is 1. The zero-order valence-electron chi connectivity index (χ0n) is 13.1. The number of halogens is 4. The molecule has 0 aliphatic rings. The smallest absolute Gasteiger partial charge is 0.303 e. The fourth-order valence-corrected chi connectivity index (χ4v) is 4.90. The predicted molar refractivity (Wildman–Crippen MR) is 104 cm³/mol. The number of rotatable bonds is 7. The lowest BCUT2D eigenvalue weighted by atomic mass is 10.3. The highest BCUT2D eigenvalue weighted by Gasteiger charge is 2.29. The van der Waals surface area contributed by atoms with Crippen molar-refractivity contribution < 1.29 is 18.3 Å². The molecule has 2 aromatic rings. The summed E-state index contributed by atoms with van der Waals surface area (Å²) in [4.78, 5) is 10.6. The largest absolute Gasteiger partial charge is 0.481 e. The van der Waals surface area contributed by atoms with Crippen LogP contribution in [0.15, 0.2) is 41.3 Å². The quantitative estimate of drug-likeness (QED) is 0.608. The normalized spacial score (nSPS) is 11.4. The molecule has 26 heavy (non-hydrogen) atoms. The molecule has 0 aromatic heterocycles. The summed E-state index contributed by atoms with van der Waals surface area (Å²) in [6, 6.07) is 8.42. The Bertz CT molecular complexity index is 934. The summed E-state index contributed by atoms with van der Waals surface area (Å²) in [6.45, 7) is -0.127. The molecule has 0 unspecified atom stereocenters. The van der Waals surface area contributed by atoms with Crippen LogP contribution in [-0.4, -0.2) is 26.0 Å². The molecule has 0 saturated heterocycles. The van der Waals surface area contributed by atoms with E-state index in [9.17, 15) is 13.2 Å². The molecule has 0 radical (unpaired) electrons. The first-order valence-electron chi connectivity index (χ1n) is 7.27. The Kier molecular flexibility index (Phi) is 7.05. The van der Waals surface area contributed by atoms with E-state index in [0.717, 1.165) is 4.31 Å². The lowest BCUT2D eigenvalue weighted by Crippen LogP contribution is -2.33. The van der Waals surface area contributed by atoms with E-state index in [-0.39, 0.29) is 50.1 Å². The molecule has 0 bridgehead atoms. The van der Waals surface area contributed by atoms with Crippen LogP contribution >= 0.6 is 46.4 Å². The molecule has 1 N–H and O–H groups in total. The van der Waals surface area contributed by atoms with Gasteiger partial charge in [0.1, 0.15) is 4.90 Å². The van der Waals surface area contributed by atoms with Gasteiger partial charge in [0.2, 0.25) is 0 Å². The minimum atomic E-state index is -4.16. The van der Waals surface area contributed by atoms with E-state index in [2.05, 4.69) is 0 Å². The molecule has 0 heterocycles. The number of anilines is 1. The van der Waals surface area contributed by atoms with Crippen molar-refractivity contribution in [3.05, 3.63) is 56.5 Å². The molecule has 0 amide bonds. The summed E-state index contributed by atoms with van der Waals surface area (Å²) in [6.07, 6.45) is -0.150. The summed E-state index contributed by atoms with van der Waals surface area (Å²) < 4.78 is 27.3. The van der Waals surface area contributed by atoms with E-state index in [0.29, 0.717) is 0 Å². The van der Waals surface area contributed by atoms with Crippen LogP contribution in [0, 0.1) is 0 Å². The second-order valence-electron chi connectivity index (χ2n) is 5.24. The number of benzene rings is 2. The summed E-state index contributed by atoms with van der Waals surface area (Å²) in [5, 5.41) is 9.44. The number of carboxylic acid groups (broad SMARTS) is 1. The molecule has 0 aliphatic heterocycles. The van der Waals surface area contributed by atoms with Crippen molar-refractivity contribution in [3.63, 3.8) is 0 Å². The maximum absolute atomic E-state index is 13.2. The summed E-state index contributed by atoms with van der Waals surface area (Å²) in [5.74, 6) is -1.04. The van der Waals surface area contributed by atoms with E-state index < -0.39 is 16.0 Å². The van der Waals surface area contributed by atoms with Crippen LogP contribution in [-0.2, 0) is 14.8 Å². The van der Waals surface area contributed by atoms with Crippen molar-refractivity contribution in [3.8, 4) is 0 Å². The number of carbonyl (C=O) groups is 1. The first-order valence-corrected chi connectivity index (χ1v) is 10.2. The van der Waals surface area contributed by atoms with Crippen LogP contribution in [0.5, 0.6) is 0 Å². The van der Waals surface area contributed by atoms with Gasteiger partial charge in [-0.05, 0) is 42.8 Å². The Balaban J connectivity index is 2.56. The highest BCUT2D eigenvalue weighted by molar-refractivity contribution is 7.93. The van der Waals surface area contributed by atoms with Gasteiger partial charge >= 0.3 is 5.97 Å². The van der Waals surface area contributed by atoms with Crippen molar-refractivity contribution >= 4 is 68.1 Å². The maximum atomic E-state index is 13.2. The summed E-state index contributed by atoms with van der Waals surface area (Å²) in [7, 11) is -4.16. The number of nitrogens with zero attached hydrogens (tertiary/aromatic N) is 1. The zero-order chi connectivity index (χ0) is 19.5. The third kappa shape index (κ3) is 4.96. The second-order valence-corrected chi connectivity index (χ2v) is 8.76. The maximum Gasteiger partial charge on any atom is 0.303 e. The average Bonchev–Trinajstić information content (AvgIpc) is 2.56. The van der Waals surface area contributed by atoms with Gasteiger partial charge in [-0.15, -0.1) is 0 Å². The molecule has 0 saturated carbocycles. The van der Waals surface area contributed by atoms with Crippen molar-refractivity contribution in [2.75, 3.05) is 10.8 Å². The molecular weight excluding hydrogens is 444 g/mol. The van der Waals surface area contributed by atoms with Crippen LogP contribution in [0.4, 0.5) is 5.69 Å². The van der Waals surface area contributed by atoms with Gasteiger partial charge < -0.3 is 5.11 Å². The third-order valence-corrected chi connectivity index (χ3v) is 6.47. The fraction of sp³-hybridized carbons (Fsp3) is 0.188. The van der Waals surface area contributed by atoms with Crippen LogP contribution in [0.25, 0.3) is 0 Å². The van der Waals surface area contributed by atoms with E-state index in [1.807, 2.05) is 0 Å². The molecule has 0 spiro atoms. The Morgan fingerprint density at radius 3 is 2.15 bits per heavy atom. The van der Waals surface area contributed by atoms with Gasteiger partial charge in [0, 0.05) is 23.0 Å². The first kappa shape index (κ1) is 21.1. The van der Waals surface area contributed by atoms with Gasteiger partial charge in [-0.1, -0.05) is 46.4 Å². The molecule has 0 aliphatic carbocycles. The number of hydrogen-bond acceptors (Lipinski definition) is 3. The minimum absolute atomic E-state index is 0.0178. The molecule has 5 nitrogen and oxygen atoms in total. The zero-order valence-corrected chi connectivity index (χ0v) is 17.0. The Labute approximate surface area is 171 Å². The van der Waals surface area contributed by atoms with Crippen LogP contribution in [0.1, 0.15) is 12.8 Å². The standard InChI is InChI=1S/C16H13Cl4NO4S/c17-10-3-5-12(19)14(8-10)21(7-1-2-16(22)23)26(24,25)15-9-11(18)4-6-13(15)20/h3-6,8-9H,1-2,7H2,(H,22,23). The Hall–Kier alpha value is -1.18. The summed E-state index contributed by atoms with van der Waals surface area (Å²) in [5.41, 5.74) is 0.126. The van der Waals surface area contributed by atoms with Gasteiger partial charge in [-0.3, -0.25) is 9.10 Å². The fourth-order valence-electron chi connectivity index (χ4n) is 2.21. The molecule has 10 heteroatoms.